The van der Waals surface area contributed by atoms with Crippen LogP contribution >= 0.6 is 0 Å². The topological polar surface area (TPSA) is 45.2 Å². The number of pyridine rings is 1. The van der Waals surface area contributed by atoms with E-state index in [0.717, 1.165) is 36.6 Å². The number of aryl methyl sites for hydroxylation is 1. The van der Waals surface area contributed by atoms with Crippen LogP contribution in [0.15, 0.2) is 42.5 Å². The van der Waals surface area contributed by atoms with Crippen LogP contribution < -0.4 is 10.2 Å². The first-order chi connectivity index (χ1) is 10.8. The number of aromatic nitrogens is 1. The lowest BCUT2D eigenvalue weighted by molar-refractivity contribution is 0.102. The third kappa shape index (κ3) is 3.11. The van der Waals surface area contributed by atoms with Gasteiger partial charge in [-0.05, 0) is 43.0 Å². The summed E-state index contributed by atoms with van der Waals surface area (Å²) in [4.78, 5) is 19.2. The normalized spacial score (nSPS) is 14.1. The van der Waals surface area contributed by atoms with E-state index in [1.54, 1.807) is 6.07 Å². The monoisotopic (exact) mass is 295 g/mol. The molecular weight excluding hydrogens is 274 g/mol. The van der Waals surface area contributed by atoms with Crippen molar-refractivity contribution in [3.05, 3.63) is 53.7 Å². The largest absolute Gasteiger partial charge is 0.357 e. The first kappa shape index (κ1) is 14.6. The van der Waals surface area contributed by atoms with Crippen LogP contribution in [0.3, 0.4) is 0 Å². The summed E-state index contributed by atoms with van der Waals surface area (Å²) >= 11 is 0. The zero-order chi connectivity index (χ0) is 15.4. The molecule has 1 amide bonds. The van der Waals surface area contributed by atoms with Gasteiger partial charge in [-0.2, -0.15) is 0 Å². The Morgan fingerprint density at radius 3 is 2.68 bits per heavy atom. The molecule has 0 atom stereocenters. The van der Waals surface area contributed by atoms with E-state index in [2.05, 4.69) is 22.1 Å². The second kappa shape index (κ2) is 6.60. The quantitative estimate of drug-likeness (QED) is 0.939. The number of nitrogens with one attached hydrogen (secondary N) is 1. The first-order valence-electron chi connectivity index (χ1n) is 7.89. The molecular formula is C18H21N3O. The molecule has 4 nitrogen and oxygen atoms in total. The zero-order valence-electron chi connectivity index (χ0n) is 12.9. The number of benzene rings is 1. The molecule has 0 spiro atoms. The van der Waals surface area contributed by atoms with E-state index < -0.39 is 0 Å². The maximum atomic E-state index is 12.5. The van der Waals surface area contributed by atoms with E-state index in [-0.39, 0.29) is 5.91 Å². The predicted molar refractivity (Wildman–Crippen MR) is 89.5 cm³/mol. The maximum Gasteiger partial charge on any atom is 0.274 e. The number of hydrogen-bond donors (Lipinski definition) is 1. The highest BCUT2D eigenvalue weighted by Crippen LogP contribution is 2.19. The average molecular weight is 295 g/mol. The molecule has 0 aliphatic carbocycles. The van der Waals surface area contributed by atoms with E-state index in [0.29, 0.717) is 5.69 Å². The van der Waals surface area contributed by atoms with Crippen molar-refractivity contribution in [2.75, 3.05) is 23.3 Å². The summed E-state index contributed by atoms with van der Waals surface area (Å²) in [5.41, 5.74) is 2.46. The SMILES string of the molecule is CCc1ccccc1NC(=O)c1cccc(N2CCCC2)n1. The van der Waals surface area contributed by atoms with Crippen molar-refractivity contribution >= 4 is 17.4 Å². The summed E-state index contributed by atoms with van der Waals surface area (Å²) in [5.74, 6) is 0.746. The highest BCUT2D eigenvalue weighted by molar-refractivity contribution is 6.03. The van der Waals surface area contributed by atoms with Gasteiger partial charge in [-0.15, -0.1) is 0 Å². The Morgan fingerprint density at radius 1 is 1.14 bits per heavy atom. The van der Waals surface area contributed by atoms with Crippen LogP contribution in [-0.2, 0) is 6.42 Å². The third-order valence-corrected chi connectivity index (χ3v) is 4.04. The highest BCUT2D eigenvalue weighted by atomic mass is 16.1. The molecule has 2 aromatic rings. The fourth-order valence-corrected chi connectivity index (χ4v) is 2.81. The van der Waals surface area contributed by atoms with E-state index in [1.807, 2.05) is 36.4 Å². The number of amides is 1. The number of para-hydroxylation sites is 1. The van der Waals surface area contributed by atoms with E-state index >= 15 is 0 Å². The summed E-state index contributed by atoms with van der Waals surface area (Å²) < 4.78 is 0. The number of carbonyl (C=O) groups excluding carboxylic acids is 1. The molecule has 0 saturated carbocycles. The lowest BCUT2D eigenvalue weighted by atomic mass is 10.1. The van der Waals surface area contributed by atoms with Crippen molar-refractivity contribution in [2.24, 2.45) is 0 Å². The van der Waals surface area contributed by atoms with Gasteiger partial charge in [0.1, 0.15) is 11.5 Å². The molecule has 4 heteroatoms. The van der Waals surface area contributed by atoms with Crippen LogP contribution in [0.2, 0.25) is 0 Å². The molecule has 114 valence electrons. The minimum Gasteiger partial charge on any atom is -0.357 e. The number of hydrogen-bond acceptors (Lipinski definition) is 3. The third-order valence-electron chi connectivity index (χ3n) is 4.04. The fraction of sp³-hybridized carbons (Fsp3) is 0.333. The summed E-state index contributed by atoms with van der Waals surface area (Å²) in [7, 11) is 0. The highest BCUT2D eigenvalue weighted by Gasteiger charge is 2.16. The fourth-order valence-electron chi connectivity index (χ4n) is 2.81. The van der Waals surface area contributed by atoms with Gasteiger partial charge in [0.2, 0.25) is 0 Å². The van der Waals surface area contributed by atoms with Crippen LogP contribution in [0.5, 0.6) is 0 Å². The summed E-state index contributed by atoms with van der Waals surface area (Å²) in [6, 6.07) is 13.5. The zero-order valence-corrected chi connectivity index (χ0v) is 12.9. The minimum absolute atomic E-state index is 0.151. The molecule has 1 fully saturated rings. The molecule has 1 aliphatic heterocycles. The van der Waals surface area contributed by atoms with Gasteiger partial charge >= 0.3 is 0 Å². The van der Waals surface area contributed by atoms with Gasteiger partial charge in [0.15, 0.2) is 0 Å². The second-order valence-electron chi connectivity index (χ2n) is 5.54. The van der Waals surface area contributed by atoms with Gasteiger partial charge in [0, 0.05) is 18.8 Å². The lowest BCUT2D eigenvalue weighted by Gasteiger charge is -2.17. The van der Waals surface area contributed by atoms with E-state index in [9.17, 15) is 4.79 Å². The van der Waals surface area contributed by atoms with Gasteiger partial charge in [-0.3, -0.25) is 4.79 Å². The molecule has 1 N–H and O–H groups in total. The Labute approximate surface area is 131 Å². The molecule has 3 rings (SSSR count). The van der Waals surface area contributed by atoms with E-state index in [4.69, 9.17) is 0 Å². The first-order valence-corrected chi connectivity index (χ1v) is 7.89. The molecule has 1 aromatic heterocycles. The number of anilines is 2. The second-order valence-corrected chi connectivity index (χ2v) is 5.54. The average Bonchev–Trinajstić information content (AvgIpc) is 3.10. The molecule has 1 aliphatic rings. The number of carbonyl (C=O) groups is 1. The Balaban J connectivity index is 1.78. The standard InChI is InChI=1S/C18H21N3O/c1-2-14-8-3-4-9-15(14)20-18(22)16-10-7-11-17(19-16)21-12-5-6-13-21/h3-4,7-11H,2,5-6,12-13H2,1H3,(H,20,22). The van der Waals surface area contributed by atoms with Gasteiger partial charge in [-0.1, -0.05) is 31.2 Å². The predicted octanol–water partition coefficient (Wildman–Crippen LogP) is 3.50. The van der Waals surface area contributed by atoms with Gasteiger partial charge in [-0.25, -0.2) is 4.98 Å². The van der Waals surface area contributed by atoms with Gasteiger partial charge < -0.3 is 10.2 Å². The van der Waals surface area contributed by atoms with Crippen molar-refractivity contribution in [1.82, 2.24) is 4.98 Å². The van der Waals surface area contributed by atoms with Crippen molar-refractivity contribution in [1.29, 1.82) is 0 Å². The van der Waals surface area contributed by atoms with Gasteiger partial charge in [0.25, 0.3) is 5.91 Å². The van der Waals surface area contributed by atoms with Crippen LogP contribution in [0.1, 0.15) is 35.8 Å². The minimum atomic E-state index is -0.151. The lowest BCUT2D eigenvalue weighted by Crippen LogP contribution is -2.21. The van der Waals surface area contributed by atoms with Crippen LogP contribution in [0.4, 0.5) is 11.5 Å². The van der Waals surface area contributed by atoms with Crippen molar-refractivity contribution < 1.29 is 4.79 Å². The van der Waals surface area contributed by atoms with Crippen LogP contribution in [0, 0.1) is 0 Å². The van der Waals surface area contributed by atoms with Gasteiger partial charge in [0.05, 0.1) is 0 Å². The Kier molecular flexibility index (Phi) is 4.37. The maximum absolute atomic E-state index is 12.5. The van der Waals surface area contributed by atoms with Crippen LogP contribution in [-0.4, -0.2) is 24.0 Å². The number of rotatable bonds is 4. The Bertz CT molecular complexity index is 663. The van der Waals surface area contributed by atoms with Crippen molar-refractivity contribution in [3.8, 4) is 0 Å². The molecule has 22 heavy (non-hydrogen) atoms. The van der Waals surface area contributed by atoms with E-state index in [1.165, 1.54) is 12.8 Å². The van der Waals surface area contributed by atoms with Crippen molar-refractivity contribution in [3.63, 3.8) is 0 Å². The summed E-state index contributed by atoms with van der Waals surface area (Å²) in [6.45, 7) is 4.13. The molecule has 0 unspecified atom stereocenters. The summed E-state index contributed by atoms with van der Waals surface area (Å²) in [5, 5.41) is 2.98. The Hall–Kier alpha value is -2.36. The smallest absolute Gasteiger partial charge is 0.274 e. The molecule has 2 heterocycles. The van der Waals surface area contributed by atoms with Crippen molar-refractivity contribution in [2.45, 2.75) is 26.2 Å². The Morgan fingerprint density at radius 2 is 1.91 bits per heavy atom. The molecule has 0 radical (unpaired) electrons. The van der Waals surface area contributed by atoms with Crippen LogP contribution in [0.25, 0.3) is 0 Å². The summed E-state index contributed by atoms with van der Waals surface area (Å²) in [6.07, 6.45) is 3.28. The molecule has 0 bridgehead atoms. The molecule has 1 saturated heterocycles. The number of nitrogens with zero attached hydrogens (tertiary/aromatic N) is 2. The molecule has 1 aromatic carbocycles.